The van der Waals surface area contributed by atoms with E-state index in [1.165, 1.54) is 16.7 Å². The smallest absolute Gasteiger partial charge is 0.131 e. The van der Waals surface area contributed by atoms with Gasteiger partial charge < -0.3 is 10.1 Å². The van der Waals surface area contributed by atoms with Crippen molar-refractivity contribution in [3.63, 3.8) is 0 Å². The van der Waals surface area contributed by atoms with Crippen molar-refractivity contribution in [1.82, 2.24) is 5.32 Å². The van der Waals surface area contributed by atoms with Gasteiger partial charge in [0.15, 0.2) is 0 Å². The highest BCUT2D eigenvalue weighted by molar-refractivity contribution is 5.75. The van der Waals surface area contributed by atoms with Gasteiger partial charge in [0.1, 0.15) is 11.5 Å². The fourth-order valence-electron chi connectivity index (χ4n) is 1.96. The SMILES string of the molecule is COc1ccc(CCNCCC(C)=O)c(C)c1C. The molecule has 1 aromatic carbocycles. The van der Waals surface area contributed by atoms with Gasteiger partial charge in [0.05, 0.1) is 7.11 Å². The minimum absolute atomic E-state index is 0.235. The molecule has 0 bridgehead atoms. The minimum Gasteiger partial charge on any atom is -0.496 e. The lowest BCUT2D eigenvalue weighted by Gasteiger charge is -2.12. The van der Waals surface area contributed by atoms with Crippen LogP contribution in [0.1, 0.15) is 30.0 Å². The van der Waals surface area contributed by atoms with Gasteiger partial charge >= 0.3 is 0 Å². The molecule has 18 heavy (non-hydrogen) atoms. The molecule has 3 heteroatoms. The first-order chi connectivity index (χ1) is 8.56. The molecule has 3 nitrogen and oxygen atoms in total. The van der Waals surface area contributed by atoms with Crippen molar-refractivity contribution in [3.05, 3.63) is 28.8 Å². The number of ether oxygens (including phenoxy) is 1. The quantitative estimate of drug-likeness (QED) is 0.754. The maximum atomic E-state index is 10.8. The van der Waals surface area contributed by atoms with Gasteiger partial charge in [0.25, 0.3) is 0 Å². The Morgan fingerprint density at radius 1 is 1.22 bits per heavy atom. The molecule has 1 N–H and O–H groups in total. The normalized spacial score (nSPS) is 10.4. The molecule has 0 fully saturated rings. The average molecular weight is 249 g/mol. The second-order valence-corrected chi connectivity index (χ2v) is 4.63. The van der Waals surface area contributed by atoms with E-state index in [9.17, 15) is 4.79 Å². The molecule has 0 saturated heterocycles. The first-order valence-electron chi connectivity index (χ1n) is 6.39. The molecule has 1 aromatic rings. The summed E-state index contributed by atoms with van der Waals surface area (Å²) in [4.78, 5) is 10.8. The largest absolute Gasteiger partial charge is 0.496 e. The highest BCUT2D eigenvalue weighted by Gasteiger charge is 2.06. The van der Waals surface area contributed by atoms with Gasteiger partial charge in [-0.15, -0.1) is 0 Å². The van der Waals surface area contributed by atoms with E-state index in [0.29, 0.717) is 6.42 Å². The van der Waals surface area contributed by atoms with Crippen LogP contribution in [0.15, 0.2) is 12.1 Å². The van der Waals surface area contributed by atoms with E-state index in [1.54, 1.807) is 14.0 Å². The van der Waals surface area contributed by atoms with Crippen LogP contribution in [0.25, 0.3) is 0 Å². The van der Waals surface area contributed by atoms with E-state index in [4.69, 9.17) is 4.74 Å². The lowest BCUT2D eigenvalue weighted by atomic mass is 10.00. The number of nitrogens with one attached hydrogen (secondary N) is 1. The van der Waals surface area contributed by atoms with Gasteiger partial charge in [-0.2, -0.15) is 0 Å². The highest BCUT2D eigenvalue weighted by Crippen LogP contribution is 2.23. The fourth-order valence-corrected chi connectivity index (χ4v) is 1.96. The van der Waals surface area contributed by atoms with Crippen LogP contribution in [0.4, 0.5) is 0 Å². The molecule has 0 aromatic heterocycles. The Balaban J connectivity index is 2.48. The lowest BCUT2D eigenvalue weighted by molar-refractivity contribution is -0.116. The zero-order chi connectivity index (χ0) is 13.5. The van der Waals surface area contributed by atoms with Crippen LogP contribution in [0.2, 0.25) is 0 Å². The number of benzene rings is 1. The number of rotatable bonds is 7. The molecule has 0 amide bonds. The van der Waals surface area contributed by atoms with Crippen molar-refractivity contribution in [3.8, 4) is 5.75 Å². The van der Waals surface area contributed by atoms with Crippen molar-refractivity contribution in [2.45, 2.75) is 33.6 Å². The van der Waals surface area contributed by atoms with Crippen molar-refractivity contribution in [2.24, 2.45) is 0 Å². The number of carbonyl (C=O) groups is 1. The van der Waals surface area contributed by atoms with E-state index in [2.05, 4.69) is 25.2 Å². The summed E-state index contributed by atoms with van der Waals surface area (Å²) in [6, 6.07) is 4.14. The standard InChI is InChI=1S/C15H23NO2/c1-11(17)7-9-16-10-8-14-5-6-15(18-4)13(3)12(14)2/h5-6,16H,7-10H2,1-4H3. The molecule has 1 rings (SSSR count). The van der Waals surface area contributed by atoms with Crippen LogP contribution in [0, 0.1) is 13.8 Å². The molecule has 0 atom stereocenters. The molecule has 100 valence electrons. The average Bonchev–Trinajstić information content (AvgIpc) is 2.33. The minimum atomic E-state index is 0.235. The number of ketones is 1. The van der Waals surface area contributed by atoms with E-state index in [-0.39, 0.29) is 5.78 Å². The molecule has 0 spiro atoms. The van der Waals surface area contributed by atoms with E-state index < -0.39 is 0 Å². The summed E-state index contributed by atoms with van der Waals surface area (Å²) in [7, 11) is 1.70. The van der Waals surface area contributed by atoms with Crippen LogP contribution in [-0.4, -0.2) is 26.0 Å². The van der Waals surface area contributed by atoms with Crippen LogP contribution < -0.4 is 10.1 Å². The van der Waals surface area contributed by atoms with Gasteiger partial charge in [0, 0.05) is 13.0 Å². The maximum Gasteiger partial charge on any atom is 0.131 e. The molecule has 0 radical (unpaired) electrons. The van der Waals surface area contributed by atoms with Crippen molar-refractivity contribution in [2.75, 3.05) is 20.2 Å². The summed E-state index contributed by atoms with van der Waals surface area (Å²) in [5.41, 5.74) is 3.84. The number of methoxy groups -OCH3 is 1. The Kier molecular flexibility index (Phi) is 5.86. The highest BCUT2D eigenvalue weighted by atomic mass is 16.5. The Morgan fingerprint density at radius 2 is 1.94 bits per heavy atom. The summed E-state index contributed by atoms with van der Waals surface area (Å²) < 4.78 is 5.30. The molecule has 0 unspecified atom stereocenters. The van der Waals surface area contributed by atoms with Gasteiger partial charge in [-0.25, -0.2) is 0 Å². The van der Waals surface area contributed by atoms with E-state index >= 15 is 0 Å². The third kappa shape index (κ3) is 4.15. The molecule has 0 aliphatic heterocycles. The van der Waals surface area contributed by atoms with E-state index in [1.807, 2.05) is 6.07 Å². The van der Waals surface area contributed by atoms with Crippen molar-refractivity contribution >= 4 is 5.78 Å². The predicted molar refractivity (Wildman–Crippen MR) is 74.3 cm³/mol. The third-order valence-electron chi connectivity index (χ3n) is 3.29. The zero-order valence-corrected chi connectivity index (χ0v) is 11.8. The molecular weight excluding hydrogens is 226 g/mol. The summed E-state index contributed by atoms with van der Waals surface area (Å²) in [5, 5.41) is 3.29. The Morgan fingerprint density at radius 3 is 2.56 bits per heavy atom. The van der Waals surface area contributed by atoms with E-state index in [0.717, 1.165) is 25.3 Å². The number of carbonyl (C=O) groups excluding carboxylic acids is 1. The Bertz CT molecular complexity index is 413. The van der Waals surface area contributed by atoms with Gasteiger partial charge in [-0.05, 0) is 56.5 Å². The second-order valence-electron chi connectivity index (χ2n) is 4.63. The summed E-state index contributed by atoms with van der Waals surface area (Å²) >= 11 is 0. The zero-order valence-electron chi connectivity index (χ0n) is 11.8. The van der Waals surface area contributed by atoms with Crippen molar-refractivity contribution < 1.29 is 9.53 Å². The van der Waals surface area contributed by atoms with Gasteiger partial charge in [-0.1, -0.05) is 6.07 Å². The summed E-state index contributed by atoms with van der Waals surface area (Å²) in [6.07, 6.45) is 1.59. The number of Topliss-reactive ketones (excluding diaryl/α,β-unsaturated/α-hetero) is 1. The first-order valence-corrected chi connectivity index (χ1v) is 6.39. The molecule has 0 heterocycles. The fraction of sp³-hybridized carbons (Fsp3) is 0.533. The topological polar surface area (TPSA) is 38.3 Å². The van der Waals surface area contributed by atoms with Crippen LogP contribution in [-0.2, 0) is 11.2 Å². The number of hydrogen-bond donors (Lipinski definition) is 1. The molecule has 0 aliphatic carbocycles. The van der Waals surface area contributed by atoms with Gasteiger partial charge in [-0.3, -0.25) is 4.79 Å². The number of hydrogen-bond acceptors (Lipinski definition) is 3. The molecule has 0 saturated carbocycles. The lowest BCUT2D eigenvalue weighted by Crippen LogP contribution is -2.20. The van der Waals surface area contributed by atoms with Crippen molar-refractivity contribution in [1.29, 1.82) is 0 Å². The second kappa shape index (κ2) is 7.17. The molecular formula is C15H23NO2. The molecule has 0 aliphatic rings. The van der Waals surface area contributed by atoms with Crippen LogP contribution in [0.5, 0.6) is 5.75 Å². The Hall–Kier alpha value is -1.35. The van der Waals surface area contributed by atoms with Crippen LogP contribution in [0.3, 0.4) is 0 Å². The monoisotopic (exact) mass is 249 g/mol. The third-order valence-corrected chi connectivity index (χ3v) is 3.29. The Labute approximate surface area is 110 Å². The summed E-state index contributed by atoms with van der Waals surface area (Å²) in [6.45, 7) is 7.51. The van der Waals surface area contributed by atoms with Crippen LogP contribution >= 0.6 is 0 Å². The maximum absolute atomic E-state index is 10.8. The predicted octanol–water partition coefficient (Wildman–Crippen LogP) is 2.42. The van der Waals surface area contributed by atoms with Gasteiger partial charge in [0.2, 0.25) is 0 Å². The summed E-state index contributed by atoms with van der Waals surface area (Å²) in [5.74, 6) is 1.18. The first kappa shape index (κ1) is 14.7.